The first-order valence-corrected chi connectivity index (χ1v) is 6.85. The number of ether oxygens (including phenoxy) is 1. The zero-order valence-electron chi connectivity index (χ0n) is 10.3. The van der Waals surface area contributed by atoms with E-state index in [1.807, 2.05) is 0 Å². The fourth-order valence-electron chi connectivity index (χ4n) is 1.61. The monoisotopic (exact) mass is 297 g/mol. The predicted octanol–water partition coefficient (Wildman–Crippen LogP) is 2.67. The van der Waals surface area contributed by atoms with Crippen LogP contribution in [0, 0.1) is 5.82 Å². The van der Waals surface area contributed by atoms with Gasteiger partial charge in [-0.15, -0.1) is 0 Å². The van der Waals surface area contributed by atoms with E-state index in [9.17, 15) is 9.18 Å². The first-order valence-electron chi connectivity index (χ1n) is 5.62. The quantitative estimate of drug-likeness (QED) is 0.631. The van der Waals surface area contributed by atoms with E-state index in [4.69, 9.17) is 17.0 Å². The Bertz CT molecular complexity index is 545. The summed E-state index contributed by atoms with van der Waals surface area (Å²) in [4.78, 5) is 14.0. The van der Waals surface area contributed by atoms with Gasteiger partial charge in [-0.2, -0.15) is 0 Å². The molecule has 0 aliphatic carbocycles. The van der Waals surface area contributed by atoms with Crippen LogP contribution in [0.3, 0.4) is 0 Å². The van der Waals surface area contributed by atoms with Gasteiger partial charge in [-0.3, -0.25) is 9.69 Å². The van der Waals surface area contributed by atoms with Gasteiger partial charge >= 0.3 is 0 Å². The fraction of sp³-hybridized carbons (Fsp3) is 0.231. The summed E-state index contributed by atoms with van der Waals surface area (Å²) in [5.41, 5.74) is 0.384. The van der Waals surface area contributed by atoms with Gasteiger partial charge < -0.3 is 4.74 Å². The molecular formula is C13H12FNO2S2. The van der Waals surface area contributed by atoms with E-state index in [-0.39, 0.29) is 11.7 Å². The van der Waals surface area contributed by atoms with Crippen LogP contribution in [0.2, 0.25) is 0 Å². The van der Waals surface area contributed by atoms with E-state index >= 15 is 0 Å². The van der Waals surface area contributed by atoms with Gasteiger partial charge in [0.25, 0.3) is 5.91 Å². The van der Waals surface area contributed by atoms with E-state index in [1.165, 1.54) is 28.8 Å². The maximum atomic E-state index is 13.5. The summed E-state index contributed by atoms with van der Waals surface area (Å²) >= 11 is 6.32. The summed E-state index contributed by atoms with van der Waals surface area (Å²) in [6, 6.07) is 6.31. The molecule has 0 radical (unpaired) electrons. The molecule has 0 atom stereocenters. The Morgan fingerprint density at radius 2 is 2.21 bits per heavy atom. The number of halogens is 1. The van der Waals surface area contributed by atoms with Crippen molar-refractivity contribution in [2.45, 2.75) is 0 Å². The average molecular weight is 297 g/mol. The summed E-state index contributed by atoms with van der Waals surface area (Å²) in [6.45, 7) is 0.829. The number of carbonyl (C=O) groups excluding carboxylic acids is 1. The molecule has 1 amide bonds. The van der Waals surface area contributed by atoms with Crippen LogP contribution in [-0.4, -0.2) is 35.4 Å². The predicted molar refractivity (Wildman–Crippen MR) is 78.2 cm³/mol. The van der Waals surface area contributed by atoms with Crippen molar-refractivity contribution >= 4 is 40.3 Å². The number of thiocarbonyl (C=S) groups is 1. The molecule has 0 unspecified atom stereocenters. The number of rotatable bonds is 4. The molecule has 1 saturated heterocycles. The Hall–Kier alpha value is -1.24. The zero-order chi connectivity index (χ0) is 13.8. The number of hydrogen-bond donors (Lipinski definition) is 0. The largest absolute Gasteiger partial charge is 0.383 e. The Balaban J connectivity index is 2.21. The molecule has 100 valence electrons. The van der Waals surface area contributed by atoms with Crippen molar-refractivity contribution in [1.29, 1.82) is 0 Å². The lowest BCUT2D eigenvalue weighted by molar-refractivity contribution is -0.122. The number of carbonyl (C=O) groups is 1. The van der Waals surface area contributed by atoms with Gasteiger partial charge in [-0.1, -0.05) is 42.2 Å². The molecule has 0 bridgehead atoms. The standard InChI is InChI=1S/C13H12FNO2S2/c1-17-7-6-15-12(16)11(19-13(15)18)8-9-4-2-3-5-10(9)14/h2-5,8H,6-7H2,1H3/b11-8+. The second-order valence-electron chi connectivity index (χ2n) is 3.85. The average Bonchev–Trinajstić information content (AvgIpc) is 2.65. The SMILES string of the molecule is COCCN1C(=O)/C(=C\c2ccccc2F)SC1=S. The van der Waals surface area contributed by atoms with Crippen LogP contribution in [0.5, 0.6) is 0 Å². The first-order chi connectivity index (χ1) is 9.13. The highest BCUT2D eigenvalue weighted by molar-refractivity contribution is 8.26. The smallest absolute Gasteiger partial charge is 0.266 e. The highest BCUT2D eigenvalue weighted by Crippen LogP contribution is 2.32. The lowest BCUT2D eigenvalue weighted by Crippen LogP contribution is -2.31. The van der Waals surface area contributed by atoms with Crippen molar-refractivity contribution < 1.29 is 13.9 Å². The van der Waals surface area contributed by atoms with Gasteiger partial charge in [0.2, 0.25) is 0 Å². The van der Waals surface area contributed by atoms with Crippen LogP contribution in [0.1, 0.15) is 5.56 Å². The van der Waals surface area contributed by atoms with E-state index in [0.717, 1.165) is 0 Å². The Kier molecular flexibility index (Phi) is 4.68. The van der Waals surface area contributed by atoms with Crippen LogP contribution in [0.4, 0.5) is 4.39 Å². The molecule has 1 heterocycles. The van der Waals surface area contributed by atoms with E-state index < -0.39 is 0 Å². The number of benzene rings is 1. The summed E-state index contributed by atoms with van der Waals surface area (Å²) in [7, 11) is 1.56. The molecule has 1 aromatic carbocycles. The van der Waals surface area contributed by atoms with E-state index in [0.29, 0.717) is 27.9 Å². The van der Waals surface area contributed by atoms with E-state index in [1.54, 1.807) is 25.3 Å². The highest BCUT2D eigenvalue weighted by atomic mass is 32.2. The normalized spacial score (nSPS) is 17.6. The third kappa shape index (κ3) is 3.20. The third-order valence-corrected chi connectivity index (χ3v) is 3.96. The molecule has 1 aromatic rings. The molecule has 0 spiro atoms. The number of methoxy groups -OCH3 is 1. The molecule has 2 rings (SSSR count). The van der Waals surface area contributed by atoms with Crippen LogP contribution in [0.25, 0.3) is 6.08 Å². The molecular weight excluding hydrogens is 285 g/mol. The number of thioether (sulfide) groups is 1. The van der Waals surface area contributed by atoms with Gasteiger partial charge in [0.15, 0.2) is 0 Å². The molecule has 6 heteroatoms. The fourth-order valence-corrected chi connectivity index (χ4v) is 2.91. The van der Waals surface area contributed by atoms with Gasteiger partial charge in [0.05, 0.1) is 18.1 Å². The molecule has 0 aromatic heterocycles. The summed E-state index contributed by atoms with van der Waals surface area (Å²) in [5, 5.41) is 0. The van der Waals surface area contributed by atoms with Crippen molar-refractivity contribution in [3.05, 3.63) is 40.6 Å². The van der Waals surface area contributed by atoms with Gasteiger partial charge in [-0.25, -0.2) is 4.39 Å². The first kappa shape index (κ1) is 14.2. The molecule has 1 aliphatic rings. The maximum Gasteiger partial charge on any atom is 0.266 e. The van der Waals surface area contributed by atoms with E-state index in [2.05, 4.69) is 0 Å². The molecule has 0 saturated carbocycles. The minimum atomic E-state index is -0.357. The van der Waals surface area contributed by atoms with Gasteiger partial charge in [0, 0.05) is 12.7 Å². The number of nitrogens with zero attached hydrogens (tertiary/aromatic N) is 1. The van der Waals surface area contributed by atoms with Gasteiger partial charge in [0.1, 0.15) is 10.1 Å². The summed E-state index contributed by atoms with van der Waals surface area (Å²) < 4.78 is 18.9. The lowest BCUT2D eigenvalue weighted by atomic mass is 10.2. The van der Waals surface area contributed by atoms with Crippen molar-refractivity contribution in [2.75, 3.05) is 20.3 Å². The zero-order valence-corrected chi connectivity index (χ0v) is 11.9. The van der Waals surface area contributed by atoms with Crippen molar-refractivity contribution in [1.82, 2.24) is 4.90 Å². The van der Waals surface area contributed by atoms with Crippen molar-refractivity contribution in [3.63, 3.8) is 0 Å². The number of hydrogen-bond acceptors (Lipinski definition) is 4. The van der Waals surface area contributed by atoms with Gasteiger partial charge in [-0.05, 0) is 12.1 Å². The molecule has 19 heavy (non-hydrogen) atoms. The molecule has 3 nitrogen and oxygen atoms in total. The Labute approximate surface area is 120 Å². The summed E-state index contributed by atoms with van der Waals surface area (Å²) in [5.74, 6) is -0.556. The van der Waals surface area contributed by atoms with Crippen molar-refractivity contribution in [3.8, 4) is 0 Å². The van der Waals surface area contributed by atoms with Crippen molar-refractivity contribution in [2.24, 2.45) is 0 Å². The summed E-state index contributed by atoms with van der Waals surface area (Å²) in [6.07, 6.45) is 1.53. The Morgan fingerprint density at radius 3 is 2.89 bits per heavy atom. The van der Waals surface area contributed by atoms with Crippen LogP contribution < -0.4 is 0 Å². The lowest BCUT2D eigenvalue weighted by Gasteiger charge is -2.12. The Morgan fingerprint density at radius 1 is 1.47 bits per heavy atom. The topological polar surface area (TPSA) is 29.5 Å². The highest BCUT2D eigenvalue weighted by Gasteiger charge is 2.31. The minimum absolute atomic E-state index is 0.199. The van der Waals surface area contributed by atoms with Crippen LogP contribution in [0.15, 0.2) is 29.2 Å². The maximum absolute atomic E-state index is 13.5. The second kappa shape index (κ2) is 6.27. The molecule has 1 aliphatic heterocycles. The van der Waals surface area contributed by atoms with Crippen LogP contribution in [-0.2, 0) is 9.53 Å². The van der Waals surface area contributed by atoms with Crippen LogP contribution >= 0.6 is 24.0 Å². The second-order valence-corrected chi connectivity index (χ2v) is 5.52. The number of amides is 1. The molecule has 1 fully saturated rings. The molecule has 0 N–H and O–H groups in total. The third-order valence-electron chi connectivity index (χ3n) is 2.58. The minimum Gasteiger partial charge on any atom is -0.383 e.